The van der Waals surface area contributed by atoms with Crippen LogP contribution in [0.2, 0.25) is 10.0 Å². The average Bonchev–Trinajstić information content (AvgIpc) is 3.66. The molecule has 2 aliphatic heterocycles. The number of alkyl carbamates (subject to hydrolysis) is 1. The highest BCUT2D eigenvalue weighted by Gasteiger charge is 2.35. The Morgan fingerprint density at radius 3 is 1.79 bits per heavy atom. The number of rotatable bonds is 5. The number of sulfonamides is 2. The lowest BCUT2D eigenvalue weighted by molar-refractivity contribution is 0.0507. The number of carbonyl (C=O) groups excluding carboxylic acids is 1. The van der Waals surface area contributed by atoms with Gasteiger partial charge >= 0.3 is 6.09 Å². The van der Waals surface area contributed by atoms with E-state index >= 15 is 0 Å². The third-order valence-corrected chi connectivity index (χ3v) is 12.1. The largest absolute Gasteiger partial charge is 0.444 e. The SMILES string of the molecule is CC(C)(C)OC(=O)N[C@@H]1CCN(S(=O)(=O)c2cccc3cncc(Cl)c23)C1.N[C@@H]1CCN(S(=O)(=O)c2cccc3cncc(Cl)c23)C1. The number of carbonyl (C=O) groups is 1. The molecule has 0 unspecified atom stereocenters. The number of benzene rings is 2. The van der Waals surface area contributed by atoms with E-state index in [0.717, 1.165) is 0 Å². The molecule has 1 amide bonds. The summed E-state index contributed by atoms with van der Waals surface area (Å²) in [6.07, 6.45) is 6.72. The zero-order valence-corrected chi connectivity index (χ0v) is 29.2. The van der Waals surface area contributed by atoms with E-state index in [1.807, 2.05) is 0 Å². The van der Waals surface area contributed by atoms with E-state index in [-0.39, 0.29) is 33.4 Å². The molecule has 2 atom stereocenters. The van der Waals surface area contributed by atoms with Crippen molar-refractivity contribution in [3.63, 3.8) is 0 Å². The van der Waals surface area contributed by atoms with Crippen LogP contribution in [0.15, 0.2) is 71.0 Å². The summed E-state index contributed by atoms with van der Waals surface area (Å²) in [5.41, 5.74) is 5.19. The van der Waals surface area contributed by atoms with Crippen LogP contribution < -0.4 is 11.1 Å². The maximum absolute atomic E-state index is 13.2. The number of aromatic nitrogens is 2. The first-order chi connectivity index (χ1) is 22.1. The first-order valence-corrected chi connectivity index (χ1v) is 18.5. The molecule has 3 N–H and O–H groups in total. The van der Waals surface area contributed by atoms with Crippen LogP contribution in [-0.2, 0) is 24.8 Å². The molecule has 0 bridgehead atoms. The molecule has 0 aliphatic carbocycles. The lowest BCUT2D eigenvalue weighted by Crippen LogP contribution is -2.41. The Kier molecular flexibility index (Phi) is 10.3. The van der Waals surface area contributed by atoms with Crippen LogP contribution in [0.3, 0.4) is 0 Å². The van der Waals surface area contributed by atoms with E-state index in [9.17, 15) is 21.6 Å². The minimum atomic E-state index is -3.76. The smallest absolute Gasteiger partial charge is 0.407 e. The molecule has 16 heteroatoms. The van der Waals surface area contributed by atoms with Crippen molar-refractivity contribution >= 4 is 70.9 Å². The first-order valence-electron chi connectivity index (χ1n) is 14.9. The Hall–Kier alpha value is -3.11. The normalized spacial score (nSPS) is 19.4. The molecule has 2 fully saturated rings. The van der Waals surface area contributed by atoms with Crippen molar-refractivity contribution in [2.45, 2.75) is 61.1 Å². The van der Waals surface area contributed by atoms with Gasteiger partial charge < -0.3 is 15.8 Å². The fourth-order valence-electron chi connectivity index (χ4n) is 5.54. The highest BCUT2D eigenvalue weighted by atomic mass is 35.5. The molecular weight excluding hydrogens is 687 g/mol. The highest BCUT2D eigenvalue weighted by molar-refractivity contribution is 7.89. The zero-order chi connectivity index (χ0) is 34.1. The van der Waals surface area contributed by atoms with Crippen LogP contribution in [0, 0.1) is 0 Å². The van der Waals surface area contributed by atoms with Gasteiger partial charge in [0.1, 0.15) is 5.60 Å². The summed E-state index contributed by atoms with van der Waals surface area (Å²) in [6.45, 7) is 6.61. The van der Waals surface area contributed by atoms with Crippen molar-refractivity contribution in [3.05, 3.63) is 71.2 Å². The van der Waals surface area contributed by atoms with E-state index in [4.69, 9.17) is 33.7 Å². The minimum absolute atomic E-state index is 0.100. The van der Waals surface area contributed by atoms with Crippen LogP contribution in [0.25, 0.3) is 21.5 Å². The molecule has 12 nitrogen and oxygen atoms in total. The van der Waals surface area contributed by atoms with Crippen molar-refractivity contribution in [2.24, 2.45) is 5.73 Å². The van der Waals surface area contributed by atoms with Crippen LogP contribution in [0.5, 0.6) is 0 Å². The lowest BCUT2D eigenvalue weighted by atomic mass is 10.2. The van der Waals surface area contributed by atoms with Crippen molar-refractivity contribution in [3.8, 4) is 0 Å². The molecule has 252 valence electrons. The Morgan fingerprint density at radius 1 is 0.830 bits per heavy atom. The molecule has 0 radical (unpaired) electrons. The summed E-state index contributed by atoms with van der Waals surface area (Å²) < 4.78 is 59.8. The molecule has 47 heavy (non-hydrogen) atoms. The number of ether oxygens (including phenoxy) is 1. The monoisotopic (exact) mass is 722 g/mol. The predicted octanol–water partition coefficient (Wildman–Crippen LogP) is 4.79. The second kappa shape index (κ2) is 13.8. The molecular formula is C31H36Cl2N6O6S2. The molecule has 4 aromatic rings. The van der Waals surface area contributed by atoms with Crippen LogP contribution in [0.4, 0.5) is 4.79 Å². The summed E-state index contributed by atoms with van der Waals surface area (Å²) in [6, 6.07) is 9.64. The number of fused-ring (bicyclic) bond motifs is 2. The van der Waals surface area contributed by atoms with Gasteiger partial charge in [0.25, 0.3) is 0 Å². The fourth-order valence-corrected chi connectivity index (χ4v) is 9.67. The van der Waals surface area contributed by atoms with E-state index in [1.165, 1.54) is 27.1 Å². The number of nitrogens with one attached hydrogen (secondary N) is 1. The molecule has 0 spiro atoms. The van der Waals surface area contributed by atoms with Gasteiger partial charge in [0.05, 0.1) is 19.8 Å². The van der Waals surface area contributed by atoms with Crippen molar-refractivity contribution < 1.29 is 26.4 Å². The first kappa shape index (κ1) is 35.2. The number of hydrogen-bond donors (Lipinski definition) is 2. The van der Waals surface area contributed by atoms with Gasteiger partial charge in [-0.25, -0.2) is 21.6 Å². The maximum atomic E-state index is 13.2. The van der Waals surface area contributed by atoms with Gasteiger partial charge in [0.15, 0.2) is 0 Å². The van der Waals surface area contributed by atoms with Crippen LogP contribution in [-0.4, -0.2) is 85.4 Å². The number of hydrogen-bond acceptors (Lipinski definition) is 9. The molecule has 4 heterocycles. The van der Waals surface area contributed by atoms with Gasteiger partial charge in [0.2, 0.25) is 20.0 Å². The van der Waals surface area contributed by atoms with Gasteiger partial charge in [-0.05, 0) is 45.7 Å². The summed E-state index contributed by atoms with van der Waals surface area (Å²) >= 11 is 12.3. The highest BCUT2D eigenvalue weighted by Crippen LogP contribution is 2.33. The quantitative estimate of drug-likeness (QED) is 0.295. The Morgan fingerprint density at radius 2 is 1.32 bits per heavy atom. The molecule has 2 aromatic carbocycles. The van der Waals surface area contributed by atoms with Crippen LogP contribution in [0.1, 0.15) is 33.6 Å². The number of pyridine rings is 2. The van der Waals surface area contributed by atoms with Crippen molar-refractivity contribution in [2.75, 3.05) is 26.2 Å². The predicted molar refractivity (Wildman–Crippen MR) is 181 cm³/mol. The van der Waals surface area contributed by atoms with Gasteiger partial charge in [-0.1, -0.05) is 47.5 Å². The molecule has 2 aliphatic rings. The van der Waals surface area contributed by atoms with Gasteiger partial charge in [-0.15, -0.1) is 0 Å². The van der Waals surface area contributed by atoms with Crippen molar-refractivity contribution in [1.29, 1.82) is 0 Å². The Balaban J connectivity index is 0.000000193. The topological polar surface area (TPSA) is 165 Å². The maximum Gasteiger partial charge on any atom is 0.407 e. The van der Waals surface area contributed by atoms with Gasteiger partial charge in [0, 0.05) is 84.6 Å². The minimum Gasteiger partial charge on any atom is -0.444 e. The van der Waals surface area contributed by atoms with Gasteiger partial charge in [-0.3, -0.25) is 9.97 Å². The van der Waals surface area contributed by atoms with Crippen LogP contribution >= 0.6 is 23.2 Å². The third kappa shape index (κ3) is 7.80. The number of amides is 1. The Labute approximate surface area is 284 Å². The molecule has 6 rings (SSSR count). The molecule has 2 aromatic heterocycles. The summed E-state index contributed by atoms with van der Waals surface area (Å²) in [5.74, 6) is 0. The number of nitrogens with two attached hydrogens (primary N) is 1. The van der Waals surface area contributed by atoms with Crippen molar-refractivity contribution in [1.82, 2.24) is 23.9 Å². The van der Waals surface area contributed by atoms with E-state index < -0.39 is 31.7 Å². The summed E-state index contributed by atoms with van der Waals surface area (Å²) in [5, 5.41) is 5.70. The number of halogens is 2. The third-order valence-electron chi connectivity index (χ3n) is 7.69. The second-order valence-corrected chi connectivity index (χ2v) is 17.0. The molecule has 0 saturated carbocycles. The van der Waals surface area contributed by atoms with E-state index in [1.54, 1.807) is 63.5 Å². The van der Waals surface area contributed by atoms with Gasteiger partial charge in [-0.2, -0.15) is 8.61 Å². The summed E-state index contributed by atoms with van der Waals surface area (Å²) in [7, 11) is -7.34. The standard InChI is InChI=1S/C18H22ClN3O4S.C13H14ClN3O2S/c1-18(2,3)26-17(23)21-13-7-8-22(11-13)27(24,25)15-6-4-5-12-9-20-10-14(19)16(12)15;14-11-7-16-6-9-2-1-3-12(13(9)11)20(18,19)17-5-4-10(15)8-17/h4-6,9-10,13H,7-8,11H2,1-3H3,(H,21,23);1-3,6-7,10H,4-5,8,15H2/t13-;10-/m11/s1. The van der Waals surface area contributed by atoms with E-state index in [0.29, 0.717) is 59.0 Å². The Bertz CT molecular complexity index is 2010. The second-order valence-electron chi connectivity index (χ2n) is 12.4. The number of nitrogens with zero attached hydrogens (tertiary/aromatic N) is 4. The molecule has 2 saturated heterocycles. The average molecular weight is 724 g/mol. The zero-order valence-electron chi connectivity index (χ0n) is 26.1. The lowest BCUT2D eigenvalue weighted by Gasteiger charge is -2.22. The summed E-state index contributed by atoms with van der Waals surface area (Å²) in [4.78, 5) is 20.3. The van der Waals surface area contributed by atoms with E-state index in [2.05, 4.69) is 15.3 Å². The fraction of sp³-hybridized carbons (Fsp3) is 0.387.